The van der Waals surface area contributed by atoms with Crippen molar-refractivity contribution >= 4 is 47.1 Å². The van der Waals surface area contributed by atoms with E-state index in [0.29, 0.717) is 28.3 Å². The maximum absolute atomic E-state index is 13.2. The van der Waals surface area contributed by atoms with E-state index in [9.17, 15) is 29.1 Å². The number of likely N-dealkylation sites (N-methyl/N-ethyl adjacent to an activating group) is 1. The quantitative estimate of drug-likeness (QED) is 0.150. The van der Waals surface area contributed by atoms with Crippen LogP contribution in [0.15, 0.2) is 64.0 Å². The van der Waals surface area contributed by atoms with Gasteiger partial charge in [-0.15, -0.1) is 0 Å². The summed E-state index contributed by atoms with van der Waals surface area (Å²) in [6.45, 7) is 3.44. The van der Waals surface area contributed by atoms with Crippen LogP contribution in [0.25, 0.3) is 6.08 Å². The average molecular weight is 636 g/mol. The maximum atomic E-state index is 13.2. The third-order valence-electron chi connectivity index (χ3n) is 6.78. The highest BCUT2D eigenvalue weighted by atomic mass is 32.2. The molecule has 2 aromatic carbocycles. The minimum Gasteiger partial charge on any atom is -0.491 e. The monoisotopic (exact) mass is 635 g/mol. The zero-order chi connectivity index (χ0) is 32.5. The SMILES string of the molecule is Cc1ccc(CNC(=O)[C@H](COc2ccc(C=C3SC(=O)N(C)C3=O)cc2)NC[C@H](O)[C@@H](C=O)NC(=O)c2cc(C)on2)cc1. The van der Waals surface area contributed by atoms with Crippen LogP contribution >= 0.6 is 11.8 Å². The number of aliphatic hydroxyl groups excluding tert-OH is 1. The lowest BCUT2D eigenvalue weighted by atomic mass is 10.1. The van der Waals surface area contributed by atoms with Crippen molar-refractivity contribution in [1.82, 2.24) is 26.0 Å². The van der Waals surface area contributed by atoms with Gasteiger partial charge >= 0.3 is 0 Å². The number of carbonyl (C=O) groups is 5. The smallest absolute Gasteiger partial charge is 0.293 e. The normalized spacial score (nSPS) is 15.9. The highest BCUT2D eigenvalue weighted by Gasteiger charge is 2.31. The number of aldehydes is 1. The van der Waals surface area contributed by atoms with Crippen molar-refractivity contribution in [2.24, 2.45) is 0 Å². The molecule has 1 aromatic heterocycles. The maximum Gasteiger partial charge on any atom is 0.293 e. The van der Waals surface area contributed by atoms with Crippen LogP contribution in [0.5, 0.6) is 5.75 Å². The molecule has 0 spiro atoms. The molecule has 0 aliphatic carbocycles. The molecule has 2 heterocycles. The Morgan fingerprint density at radius 2 is 1.82 bits per heavy atom. The fourth-order valence-corrected chi connectivity index (χ4v) is 4.92. The topological polar surface area (TPSA) is 180 Å². The first kappa shape index (κ1) is 33.1. The van der Waals surface area contributed by atoms with Crippen molar-refractivity contribution in [3.63, 3.8) is 0 Å². The number of carbonyl (C=O) groups excluding carboxylic acids is 5. The number of ether oxygens (including phenoxy) is 1. The molecule has 4 N–H and O–H groups in total. The van der Waals surface area contributed by atoms with Gasteiger partial charge in [-0.1, -0.05) is 47.1 Å². The molecule has 4 amide bonds. The lowest BCUT2D eigenvalue weighted by Crippen LogP contribution is -2.54. The van der Waals surface area contributed by atoms with Crippen molar-refractivity contribution in [3.8, 4) is 5.75 Å². The van der Waals surface area contributed by atoms with Crippen LogP contribution in [-0.2, 0) is 20.9 Å². The van der Waals surface area contributed by atoms with Crippen molar-refractivity contribution in [2.45, 2.75) is 38.6 Å². The van der Waals surface area contributed by atoms with Gasteiger partial charge in [-0.05, 0) is 54.9 Å². The molecule has 0 unspecified atom stereocenters. The van der Waals surface area contributed by atoms with Crippen LogP contribution in [0.1, 0.15) is 32.9 Å². The van der Waals surface area contributed by atoms with Crippen molar-refractivity contribution in [2.75, 3.05) is 20.2 Å². The Bertz CT molecular complexity index is 1570. The number of thioether (sulfide) groups is 1. The lowest BCUT2D eigenvalue weighted by molar-refractivity contribution is -0.124. The fourth-order valence-electron chi connectivity index (χ4n) is 4.09. The first-order chi connectivity index (χ1) is 21.5. The molecule has 13 nitrogen and oxygen atoms in total. The molecule has 1 saturated heterocycles. The third-order valence-corrected chi connectivity index (χ3v) is 7.74. The Kier molecular flexibility index (Phi) is 11.2. The molecule has 4 rings (SSSR count). The van der Waals surface area contributed by atoms with E-state index in [-0.39, 0.29) is 36.5 Å². The Morgan fingerprint density at radius 1 is 1.11 bits per heavy atom. The summed E-state index contributed by atoms with van der Waals surface area (Å²) in [6.07, 6.45) is 0.609. The van der Waals surface area contributed by atoms with E-state index in [0.717, 1.165) is 27.8 Å². The summed E-state index contributed by atoms with van der Waals surface area (Å²) < 4.78 is 10.7. The lowest BCUT2D eigenvalue weighted by Gasteiger charge is -2.23. The number of nitrogens with zero attached hydrogens (tertiary/aromatic N) is 2. The molecular formula is C31H33N5O8S. The van der Waals surface area contributed by atoms with Gasteiger partial charge in [0.05, 0.1) is 11.0 Å². The number of hydrogen-bond acceptors (Lipinski definition) is 11. The summed E-state index contributed by atoms with van der Waals surface area (Å²) in [6, 6.07) is 13.5. The predicted octanol–water partition coefficient (Wildman–Crippen LogP) is 1.97. The standard InChI is InChI=1S/C31H33N5O8S/c1-18-4-6-21(7-5-18)14-33-28(39)25(32-15-26(38)24(16-37)34-29(40)23-12-19(2)44-35-23)17-43-22-10-8-20(9-11-22)13-27-30(41)36(3)31(42)45-27/h4-13,16,24-26,32,38H,14-15,17H2,1-3H3,(H,33,39)(H,34,40)/t24-,25+,26+/m1/s1. The molecule has 0 bridgehead atoms. The summed E-state index contributed by atoms with van der Waals surface area (Å²) in [7, 11) is 1.42. The van der Waals surface area contributed by atoms with E-state index in [1.165, 1.54) is 13.1 Å². The Labute approximate surface area is 263 Å². The molecule has 3 aromatic rings. The van der Waals surface area contributed by atoms with Gasteiger partial charge in [-0.25, -0.2) is 0 Å². The van der Waals surface area contributed by atoms with Crippen molar-refractivity contribution < 1.29 is 38.3 Å². The van der Waals surface area contributed by atoms with Gasteiger partial charge in [0.2, 0.25) is 5.91 Å². The number of amides is 4. The predicted molar refractivity (Wildman–Crippen MR) is 165 cm³/mol. The Hall–Kier alpha value is -4.79. The van der Waals surface area contributed by atoms with Gasteiger partial charge < -0.3 is 35.1 Å². The Balaban J connectivity index is 1.39. The zero-order valence-electron chi connectivity index (χ0n) is 24.8. The van der Waals surface area contributed by atoms with Crippen LogP contribution in [0.2, 0.25) is 0 Å². The molecule has 3 atom stereocenters. The average Bonchev–Trinajstić information content (AvgIpc) is 3.58. The largest absolute Gasteiger partial charge is 0.491 e. The first-order valence-electron chi connectivity index (χ1n) is 13.9. The van der Waals surface area contributed by atoms with Gasteiger partial charge in [0.25, 0.3) is 17.1 Å². The van der Waals surface area contributed by atoms with Crippen LogP contribution in [0.3, 0.4) is 0 Å². The minimum absolute atomic E-state index is 0.0436. The van der Waals surface area contributed by atoms with Crippen LogP contribution in [0.4, 0.5) is 4.79 Å². The van der Waals surface area contributed by atoms with Gasteiger partial charge in [0.1, 0.15) is 36.5 Å². The van der Waals surface area contributed by atoms with E-state index in [1.54, 1.807) is 37.3 Å². The van der Waals surface area contributed by atoms with Gasteiger partial charge in [-0.2, -0.15) is 0 Å². The number of rotatable bonds is 14. The number of nitrogens with one attached hydrogen (secondary N) is 3. The number of benzene rings is 2. The van der Waals surface area contributed by atoms with Gasteiger partial charge in [0.15, 0.2) is 5.69 Å². The fraction of sp³-hybridized carbons (Fsp3) is 0.290. The van der Waals surface area contributed by atoms with Crippen LogP contribution in [-0.4, -0.2) is 82.8 Å². The summed E-state index contributed by atoms with van der Waals surface area (Å²) in [5, 5.41) is 22.1. The number of aliphatic hydroxyl groups is 1. The summed E-state index contributed by atoms with van der Waals surface area (Å²) in [4.78, 5) is 62.5. The van der Waals surface area contributed by atoms with E-state index in [2.05, 4.69) is 21.1 Å². The Morgan fingerprint density at radius 3 is 2.42 bits per heavy atom. The second kappa shape index (κ2) is 15.3. The van der Waals surface area contributed by atoms with Crippen LogP contribution < -0.4 is 20.7 Å². The summed E-state index contributed by atoms with van der Waals surface area (Å²) in [5.41, 5.74) is 2.60. The first-order valence-corrected chi connectivity index (χ1v) is 14.7. The number of aromatic nitrogens is 1. The molecule has 0 saturated carbocycles. The third kappa shape index (κ3) is 9.11. The van der Waals surface area contributed by atoms with E-state index < -0.39 is 30.0 Å². The van der Waals surface area contributed by atoms with Gasteiger partial charge in [-0.3, -0.25) is 24.1 Å². The molecule has 1 aliphatic rings. The molecule has 14 heteroatoms. The summed E-state index contributed by atoms with van der Waals surface area (Å²) in [5.74, 6) is -0.659. The zero-order valence-corrected chi connectivity index (χ0v) is 25.6. The van der Waals surface area contributed by atoms with Crippen molar-refractivity contribution in [3.05, 3.63) is 87.6 Å². The number of imide groups is 1. The molecule has 1 aliphatic heterocycles. The second-order valence-corrected chi connectivity index (χ2v) is 11.3. The second-order valence-electron chi connectivity index (χ2n) is 10.3. The van der Waals surface area contributed by atoms with Gasteiger partial charge in [0, 0.05) is 26.2 Å². The van der Waals surface area contributed by atoms with E-state index in [4.69, 9.17) is 9.26 Å². The molecule has 236 valence electrons. The molecule has 1 fully saturated rings. The van der Waals surface area contributed by atoms with Crippen LogP contribution in [0, 0.1) is 13.8 Å². The summed E-state index contributed by atoms with van der Waals surface area (Å²) >= 11 is 0.858. The van der Waals surface area contributed by atoms with Crippen molar-refractivity contribution in [1.29, 1.82) is 0 Å². The highest BCUT2D eigenvalue weighted by Crippen LogP contribution is 2.31. The molecule has 0 radical (unpaired) electrons. The number of aryl methyl sites for hydroxylation is 2. The van der Waals surface area contributed by atoms with E-state index in [1.807, 2.05) is 31.2 Å². The minimum atomic E-state index is -1.39. The highest BCUT2D eigenvalue weighted by molar-refractivity contribution is 8.18. The molecular weight excluding hydrogens is 602 g/mol. The molecule has 45 heavy (non-hydrogen) atoms. The van der Waals surface area contributed by atoms with E-state index >= 15 is 0 Å². The number of hydrogen-bond donors (Lipinski definition) is 4.